The zero-order valence-electron chi connectivity index (χ0n) is 11.2. The molecule has 0 amide bonds. The maximum atomic E-state index is 10.3. The van der Waals surface area contributed by atoms with Crippen molar-refractivity contribution < 1.29 is 9.84 Å². The minimum atomic E-state index is -0.481. The molecule has 0 fully saturated rings. The van der Waals surface area contributed by atoms with Crippen LogP contribution in [0.5, 0.6) is 5.75 Å². The summed E-state index contributed by atoms with van der Waals surface area (Å²) in [6, 6.07) is 7.99. The molecule has 1 N–H and O–H groups in total. The van der Waals surface area contributed by atoms with E-state index in [2.05, 4.69) is 23.4 Å². The van der Waals surface area contributed by atoms with Crippen molar-refractivity contribution in [1.29, 1.82) is 0 Å². The highest BCUT2D eigenvalue weighted by Crippen LogP contribution is 2.40. The number of nitrogens with zero attached hydrogens (tertiary/aromatic N) is 2. The molecule has 2 aromatic rings. The summed E-state index contributed by atoms with van der Waals surface area (Å²) in [5.74, 6) is 0.766. The summed E-state index contributed by atoms with van der Waals surface area (Å²) in [5.41, 5.74) is 1.89. The summed E-state index contributed by atoms with van der Waals surface area (Å²) in [4.78, 5) is 4.20. The van der Waals surface area contributed by atoms with Gasteiger partial charge in [-0.2, -0.15) is 0 Å². The van der Waals surface area contributed by atoms with Crippen LogP contribution in [0.1, 0.15) is 49.8 Å². The molecule has 4 heteroatoms. The van der Waals surface area contributed by atoms with Gasteiger partial charge in [-0.3, -0.25) is 0 Å². The predicted octanol–water partition coefficient (Wildman–Crippen LogP) is 3.02. The minimum absolute atomic E-state index is 0.144. The van der Waals surface area contributed by atoms with E-state index < -0.39 is 6.10 Å². The van der Waals surface area contributed by atoms with E-state index in [9.17, 15) is 5.11 Å². The molecule has 0 saturated heterocycles. The molecule has 19 heavy (non-hydrogen) atoms. The molecular weight excluding hydrogens is 240 g/mol. The van der Waals surface area contributed by atoms with Gasteiger partial charge in [-0.1, -0.05) is 18.2 Å². The third kappa shape index (κ3) is 2.12. The molecule has 0 spiro atoms. The van der Waals surface area contributed by atoms with Crippen LogP contribution in [0.25, 0.3) is 0 Å². The van der Waals surface area contributed by atoms with Crippen molar-refractivity contribution in [3.63, 3.8) is 0 Å². The normalized spacial score (nSPS) is 22.1. The Morgan fingerprint density at radius 2 is 2.16 bits per heavy atom. The second-order valence-electron chi connectivity index (χ2n) is 5.22. The van der Waals surface area contributed by atoms with Crippen molar-refractivity contribution in [1.82, 2.24) is 9.55 Å². The van der Waals surface area contributed by atoms with Crippen molar-refractivity contribution in [3.8, 4) is 5.75 Å². The first-order chi connectivity index (χ1) is 9.16. The van der Waals surface area contributed by atoms with Crippen molar-refractivity contribution in [2.24, 2.45) is 0 Å². The molecule has 1 aliphatic heterocycles. The van der Waals surface area contributed by atoms with E-state index in [1.54, 1.807) is 0 Å². The third-order valence-corrected chi connectivity index (χ3v) is 3.57. The standard InChI is InChI=1S/C15H18N2O2/c1-10(2)17-9-16-8-12(17)15-7-13(18)11-5-3-4-6-14(11)19-15/h3-6,8-10,13,15,18H,7H2,1-2H3/t13-,15?/m1/s1. The van der Waals surface area contributed by atoms with Crippen molar-refractivity contribution in [3.05, 3.63) is 48.0 Å². The van der Waals surface area contributed by atoms with Crippen LogP contribution < -0.4 is 4.74 Å². The number of para-hydroxylation sites is 1. The maximum absolute atomic E-state index is 10.3. The summed E-state index contributed by atoms with van der Waals surface area (Å²) in [6.45, 7) is 4.22. The van der Waals surface area contributed by atoms with Crippen molar-refractivity contribution in [2.45, 2.75) is 38.5 Å². The van der Waals surface area contributed by atoms with E-state index >= 15 is 0 Å². The molecule has 0 radical (unpaired) electrons. The van der Waals surface area contributed by atoms with Gasteiger partial charge in [-0.05, 0) is 19.9 Å². The van der Waals surface area contributed by atoms with Crippen LogP contribution in [0.2, 0.25) is 0 Å². The number of fused-ring (bicyclic) bond motifs is 1. The summed E-state index contributed by atoms with van der Waals surface area (Å²) in [7, 11) is 0. The lowest BCUT2D eigenvalue weighted by atomic mass is 9.97. The van der Waals surface area contributed by atoms with Gasteiger partial charge in [-0.15, -0.1) is 0 Å². The van der Waals surface area contributed by atoms with Crippen LogP contribution >= 0.6 is 0 Å². The first kappa shape index (κ1) is 12.2. The molecule has 100 valence electrons. The van der Waals surface area contributed by atoms with Gasteiger partial charge in [0, 0.05) is 18.0 Å². The minimum Gasteiger partial charge on any atom is -0.484 e. The van der Waals surface area contributed by atoms with Crippen LogP contribution in [-0.2, 0) is 0 Å². The van der Waals surface area contributed by atoms with E-state index in [0.717, 1.165) is 17.0 Å². The van der Waals surface area contributed by atoms with Crippen LogP contribution in [0.3, 0.4) is 0 Å². The SMILES string of the molecule is CC(C)n1cncc1C1C[C@@H](O)c2ccccc2O1. The summed E-state index contributed by atoms with van der Waals surface area (Å²) < 4.78 is 8.11. The Morgan fingerprint density at radius 1 is 1.37 bits per heavy atom. The van der Waals surface area contributed by atoms with Crippen LogP contribution in [0, 0.1) is 0 Å². The van der Waals surface area contributed by atoms with Gasteiger partial charge in [0.2, 0.25) is 0 Å². The molecule has 3 rings (SSSR count). The Bertz CT molecular complexity index is 577. The highest BCUT2D eigenvalue weighted by atomic mass is 16.5. The largest absolute Gasteiger partial charge is 0.484 e. The zero-order chi connectivity index (χ0) is 13.4. The molecular formula is C15H18N2O2. The maximum Gasteiger partial charge on any atom is 0.143 e. The lowest BCUT2D eigenvalue weighted by Crippen LogP contribution is -2.21. The Labute approximate surface area is 112 Å². The smallest absolute Gasteiger partial charge is 0.143 e. The van der Waals surface area contributed by atoms with Gasteiger partial charge >= 0.3 is 0 Å². The summed E-state index contributed by atoms with van der Waals surface area (Å²) in [5, 5.41) is 10.3. The third-order valence-electron chi connectivity index (χ3n) is 3.57. The van der Waals surface area contributed by atoms with Crippen LogP contribution in [-0.4, -0.2) is 14.7 Å². The van der Waals surface area contributed by atoms with Gasteiger partial charge in [0.1, 0.15) is 11.9 Å². The molecule has 4 nitrogen and oxygen atoms in total. The van der Waals surface area contributed by atoms with E-state index in [4.69, 9.17) is 4.74 Å². The molecule has 1 aliphatic rings. The van der Waals surface area contributed by atoms with E-state index in [1.807, 2.05) is 36.8 Å². The van der Waals surface area contributed by atoms with Gasteiger partial charge in [-0.25, -0.2) is 4.98 Å². The lowest BCUT2D eigenvalue weighted by molar-refractivity contribution is 0.0614. The number of hydrogen-bond donors (Lipinski definition) is 1. The van der Waals surface area contributed by atoms with Crippen molar-refractivity contribution >= 4 is 0 Å². The molecule has 2 atom stereocenters. The number of benzene rings is 1. The van der Waals surface area contributed by atoms with Crippen LogP contribution in [0.15, 0.2) is 36.8 Å². The fourth-order valence-electron chi connectivity index (χ4n) is 2.57. The Hall–Kier alpha value is -1.81. The number of aliphatic hydroxyl groups excluding tert-OH is 1. The first-order valence-corrected chi connectivity index (χ1v) is 6.62. The number of hydrogen-bond acceptors (Lipinski definition) is 3. The summed E-state index contributed by atoms with van der Waals surface area (Å²) in [6.07, 6.45) is 3.58. The second kappa shape index (κ2) is 4.70. The Kier molecular flexibility index (Phi) is 3.03. The Morgan fingerprint density at radius 3 is 2.95 bits per heavy atom. The number of aliphatic hydroxyl groups is 1. The van der Waals surface area contributed by atoms with Gasteiger partial charge < -0.3 is 14.4 Å². The number of ether oxygens (including phenoxy) is 1. The number of imidazole rings is 1. The molecule has 0 bridgehead atoms. The molecule has 2 heterocycles. The van der Waals surface area contributed by atoms with E-state index in [-0.39, 0.29) is 6.10 Å². The van der Waals surface area contributed by atoms with Gasteiger partial charge in [0.05, 0.1) is 24.3 Å². The number of aromatic nitrogens is 2. The summed E-state index contributed by atoms with van der Waals surface area (Å²) >= 11 is 0. The molecule has 1 aromatic carbocycles. The zero-order valence-corrected chi connectivity index (χ0v) is 11.2. The number of rotatable bonds is 2. The quantitative estimate of drug-likeness (QED) is 0.900. The van der Waals surface area contributed by atoms with Crippen LogP contribution in [0.4, 0.5) is 0 Å². The van der Waals surface area contributed by atoms with E-state index in [1.165, 1.54) is 0 Å². The average molecular weight is 258 g/mol. The molecule has 0 aliphatic carbocycles. The molecule has 1 aromatic heterocycles. The monoisotopic (exact) mass is 258 g/mol. The average Bonchev–Trinajstić information content (AvgIpc) is 2.88. The fourth-order valence-corrected chi connectivity index (χ4v) is 2.57. The topological polar surface area (TPSA) is 47.3 Å². The highest BCUT2D eigenvalue weighted by Gasteiger charge is 2.29. The van der Waals surface area contributed by atoms with Gasteiger partial charge in [0.15, 0.2) is 0 Å². The first-order valence-electron chi connectivity index (χ1n) is 6.62. The second-order valence-corrected chi connectivity index (χ2v) is 5.22. The van der Waals surface area contributed by atoms with E-state index in [0.29, 0.717) is 12.5 Å². The molecule has 1 unspecified atom stereocenters. The predicted molar refractivity (Wildman–Crippen MR) is 72.0 cm³/mol. The lowest BCUT2D eigenvalue weighted by Gasteiger charge is -2.30. The van der Waals surface area contributed by atoms with Crippen molar-refractivity contribution in [2.75, 3.05) is 0 Å². The highest BCUT2D eigenvalue weighted by molar-refractivity contribution is 5.37. The Balaban J connectivity index is 1.95. The molecule has 0 saturated carbocycles. The van der Waals surface area contributed by atoms with Gasteiger partial charge in [0.25, 0.3) is 0 Å². The fraction of sp³-hybridized carbons (Fsp3) is 0.400.